The minimum absolute atomic E-state index is 0.105. The third-order valence-corrected chi connectivity index (χ3v) is 1.93. The van der Waals surface area contributed by atoms with E-state index in [4.69, 9.17) is 9.84 Å². The number of nitrogens with zero attached hydrogens (tertiary/aromatic N) is 2. The van der Waals surface area contributed by atoms with Gasteiger partial charge in [0.2, 0.25) is 5.70 Å². The summed E-state index contributed by atoms with van der Waals surface area (Å²) in [4.78, 5) is 11.4. The summed E-state index contributed by atoms with van der Waals surface area (Å²) >= 11 is 0. The van der Waals surface area contributed by atoms with E-state index in [2.05, 4.69) is 10.2 Å². The van der Waals surface area contributed by atoms with Gasteiger partial charge in [-0.3, -0.25) is 0 Å². The molecule has 0 spiro atoms. The van der Waals surface area contributed by atoms with Crippen LogP contribution in [0.25, 0.3) is 0 Å². The van der Waals surface area contributed by atoms with Crippen molar-refractivity contribution in [2.75, 3.05) is 6.61 Å². The lowest BCUT2D eigenvalue weighted by Crippen LogP contribution is -2.07. The molecule has 2 N–H and O–H groups in total. The van der Waals surface area contributed by atoms with E-state index >= 15 is 0 Å². The zero-order chi connectivity index (χ0) is 13.5. The van der Waals surface area contributed by atoms with E-state index in [1.165, 1.54) is 31.2 Å². The average molecular weight is 250 g/mol. The minimum Gasteiger partial charge on any atom is -0.510 e. The van der Waals surface area contributed by atoms with Crippen LogP contribution in [0.1, 0.15) is 13.8 Å². The number of aliphatic hydroxyl groups is 1. The molecule has 0 aromatic heterocycles. The van der Waals surface area contributed by atoms with Crippen LogP contribution >= 0.6 is 0 Å². The number of esters is 1. The Kier molecular flexibility index (Phi) is 4.86. The molecule has 1 rings (SSSR count). The van der Waals surface area contributed by atoms with Crippen molar-refractivity contribution < 1.29 is 19.7 Å². The Bertz CT molecular complexity index is 473. The molecule has 0 aliphatic heterocycles. The Balaban J connectivity index is 2.88. The first-order valence-electron chi connectivity index (χ1n) is 5.32. The molecule has 0 bridgehead atoms. The first kappa shape index (κ1) is 13.7. The Morgan fingerprint density at radius 1 is 1.33 bits per heavy atom. The summed E-state index contributed by atoms with van der Waals surface area (Å²) in [5.74, 6) is -0.899. The molecule has 0 saturated heterocycles. The highest BCUT2D eigenvalue weighted by atomic mass is 16.5. The van der Waals surface area contributed by atoms with Gasteiger partial charge in [0.1, 0.15) is 11.5 Å². The lowest BCUT2D eigenvalue weighted by atomic mass is 10.3. The highest BCUT2D eigenvalue weighted by Crippen LogP contribution is 2.18. The monoisotopic (exact) mass is 250 g/mol. The van der Waals surface area contributed by atoms with Crippen molar-refractivity contribution in [3.05, 3.63) is 35.7 Å². The van der Waals surface area contributed by atoms with Gasteiger partial charge in [0, 0.05) is 0 Å². The molecule has 6 nitrogen and oxygen atoms in total. The topological polar surface area (TPSA) is 91.5 Å². The van der Waals surface area contributed by atoms with Crippen LogP contribution in [-0.2, 0) is 9.53 Å². The maximum absolute atomic E-state index is 11.4. The van der Waals surface area contributed by atoms with Gasteiger partial charge in [-0.2, -0.15) is 5.11 Å². The largest absolute Gasteiger partial charge is 0.510 e. The highest BCUT2D eigenvalue weighted by molar-refractivity contribution is 5.88. The first-order chi connectivity index (χ1) is 8.54. The minimum atomic E-state index is -0.736. The predicted octanol–water partition coefficient (Wildman–Crippen LogP) is 2.83. The van der Waals surface area contributed by atoms with E-state index in [-0.39, 0.29) is 23.8 Å². The summed E-state index contributed by atoms with van der Waals surface area (Å²) in [6.07, 6.45) is 0. The van der Waals surface area contributed by atoms with Crippen LogP contribution in [0, 0.1) is 0 Å². The molecule has 1 aromatic carbocycles. The van der Waals surface area contributed by atoms with Gasteiger partial charge in [-0.15, -0.1) is 5.11 Å². The summed E-state index contributed by atoms with van der Waals surface area (Å²) in [6, 6.07) is 5.92. The summed E-state index contributed by atoms with van der Waals surface area (Å²) in [5, 5.41) is 25.8. The number of azo groups is 1. The maximum atomic E-state index is 11.4. The molecule has 0 aliphatic carbocycles. The van der Waals surface area contributed by atoms with Crippen molar-refractivity contribution in [2.24, 2.45) is 10.2 Å². The molecule has 96 valence electrons. The fourth-order valence-electron chi connectivity index (χ4n) is 1.09. The van der Waals surface area contributed by atoms with Crippen LogP contribution in [0.5, 0.6) is 5.75 Å². The standard InChI is InChI=1S/C12H14N2O4/c1-3-18-12(17)11(8(2)15)14-13-9-4-6-10(16)7-5-9/h4-7,15-16H,3H2,1-2H3/b11-8-,14-13?. The van der Waals surface area contributed by atoms with E-state index in [1.807, 2.05) is 0 Å². The van der Waals surface area contributed by atoms with E-state index in [9.17, 15) is 9.90 Å². The number of aliphatic hydroxyl groups excluding tert-OH is 1. The fraction of sp³-hybridized carbons (Fsp3) is 0.250. The Morgan fingerprint density at radius 2 is 1.94 bits per heavy atom. The number of carbonyl (C=O) groups is 1. The van der Waals surface area contributed by atoms with Gasteiger partial charge >= 0.3 is 5.97 Å². The number of hydrogen-bond donors (Lipinski definition) is 2. The van der Waals surface area contributed by atoms with Gasteiger partial charge in [-0.05, 0) is 38.1 Å². The number of benzene rings is 1. The number of carbonyl (C=O) groups excluding carboxylic acids is 1. The molecule has 0 fully saturated rings. The molecule has 0 aliphatic rings. The molecule has 0 saturated carbocycles. The van der Waals surface area contributed by atoms with Gasteiger partial charge in [-0.1, -0.05) is 0 Å². The molecular weight excluding hydrogens is 236 g/mol. The van der Waals surface area contributed by atoms with Crippen molar-refractivity contribution in [1.29, 1.82) is 0 Å². The lowest BCUT2D eigenvalue weighted by Gasteiger charge is -2.01. The molecule has 0 atom stereocenters. The number of aromatic hydroxyl groups is 1. The van der Waals surface area contributed by atoms with Crippen LogP contribution in [-0.4, -0.2) is 22.8 Å². The Morgan fingerprint density at radius 3 is 2.44 bits per heavy atom. The molecule has 0 heterocycles. The van der Waals surface area contributed by atoms with Crippen molar-refractivity contribution in [2.45, 2.75) is 13.8 Å². The van der Waals surface area contributed by atoms with Crippen LogP contribution in [0.15, 0.2) is 46.0 Å². The van der Waals surface area contributed by atoms with Gasteiger partial charge in [-0.25, -0.2) is 4.79 Å². The maximum Gasteiger partial charge on any atom is 0.362 e. The smallest absolute Gasteiger partial charge is 0.362 e. The van der Waals surface area contributed by atoms with Gasteiger partial charge < -0.3 is 14.9 Å². The Hall–Kier alpha value is -2.37. The number of allylic oxidation sites excluding steroid dienone is 1. The molecule has 1 aromatic rings. The van der Waals surface area contributed by atoms with Crippen molar-refractivity contribution in [1.82, 2.24) is 0 Å². The van der Waals surface area contributed by atoms with Crippen LogP contribution in [0.4, 0.5) is 5.69 Å². The van der Waals surface area contributed by atoms with E-state index in [1.54, 1.807) is 6.92 Å². The first-order valence-corrected chi connectivity index (χ1v) is 5.32. The second kappa shape index (κ2) is 6.39. The second-order valence-electron chi connectivity index (χ2n) is 3.37. The molecule has 0 radical (unpaired) electrons. The fourth-order valence-corrected chi connectivity index (χ4v) is 1.09. The van der Waals surface area contributed by atoms with Crippen molar-refractivity contribution in [3.8, 4) is 5.75 Å². The SMILES string of the molecule is CCOC(=O)/C(N=Nc1ccc(O)cc1)=C(\C)O. The summed E-state index contributed by atoms with van der Waals surface area (Å²) in [6.45, 7) is 3.16. The lowest BCUT2D eigenvalue weighted by molar-refractivity contribution is -0.138. The third-order valence-electron chi connectivity index (χ3n) is 1.93. The third kappa shape index (κ3) is 3.89. The van der Waals surface area contributed by atoms with Crippen molar-refractivity contribution in [3.63, 3.8) is 0 Å². The molecule has 6 heteroatoms. The van der Waals surface area contributed by atoms with Gasteiger partial charge in [0.15, 0.2) is 0 Å². The summed E-state index contributed by atoms with van der Waals surface area (Å²) in [7, 11) is 0. The van der Waals surface area contributed by atoms with E-state index in [0.717, 1.165) is 0 Å². The van der Waals surface area contributed by atoms with Crippen LogP contribution in [0.3, 0.4) is 0 Å². The normalized spacial score (nSPS) is 12.3. The summed E-state index contributed by atoms with van der Waals surface area (Å²) in [5.41, 5.74) is 0.195. The molecule has 0 amide bonds. The van der Waals surface area contributed by atoms with Crippen molar-refractivity contribution >= 4 is 11.7 Å². The van der Waals surface area contributed by atoms with E-state index in [0.29, 0.717) is 5.69 Å². The van der Waals surface area contributed by atoms with Crippen LogP contribution < -0.4 is 0 Å². The quantitative estimate of drug-likeness (QED) is 0.372. The number of hydrogen-bond acceptors (Lipinski definition) is 6. The average Bonchev–Trinajstić information content (AvgIpc) is 2.31. The zero-order valence-electron chi connectivity index (χ0n) is 10.1. The molecule has 18 heavy (non-hydrogen) atoms. The number of rotatable bonds is 4. The van der Waals surface area contributed by atoms with Gasteiger partial charge in [0.25, 0.3) is 0 Å². The van der Waals surface area contributed by atoms with Gasteiger partial charge in [0.05, 0.1) is 12.3 Å². The number of ether oxygens (including phenoxy) is 1. The Labute approximate surface area is 104 Å². The second-order valence-corrected chi connectivity index (χ2v) is 3.37. The zero-order valence-corrected chi connectivity index (χ0v) is 10.1. The van der Waals surface area contributed by atoms with Crippen LogP contribution in [0.2, 0.25) is 0 Å². The predicted molar refractivity (Wildman–Crippen MR) is 64.6 cm³/mol. The highest BCUT2D eigenvalue weighted by Gasteiger charge is 2.13. The molecule has 0 unspecified atom stereocenters. The van der Waals surface area contributed by atoms with E-state index < -0.39 is 5.97 Å². The summed E-state index contributed by atoms with van der Waals surface area (Å²) < 4.78 is 4.72. The molecular formula is C12H14N2O4. The number of phenols is 1. The number of phenolic OH excluding ortho intramolecular Hbond substituents is 1.